The largest absolute Gasteiger partial charge is 0.493 e. The van der Waals surface area contributed by atoms with Crippen molar-refractivity contribution in [2.75, 3.05) is 11.9 Å². The average molecular weight is 253 g/mol. The summed E-state index contributed by atoms with van der Waals surface area (Å²) in [6.07, 6.45) is 1.07. The number of fused-ring (bicyclic) bond motifs is 1. The van der Waals surface area contributed by atoms with Crippen LogP contribution in [-0.4, -0.2) is 6.61 Å². The average Bonchev–Trinajstić information content (AvgIpc) is 2.61. The monoisotopic (exact) mass is 253 g/mol. The molecule has 0 spiro atoms. The molecule has 1 heterocycles. The van der Waals surface area contributed by atoms with Crippen molar-refractivity contribution < 1.29 is 4.74 Å². The van der Waals surface area contributed by atoms with E-state index in [4.69, 9.17) is 4.74 Å². The van der Waals surface area contributed by atoms with Gasteiger partial charge in [0.2, 0.25) is 0 Å². The van der Waals surface area contributed by atoms with E-state index in [1.165, 1.54) is 5.56 Å². The SMILES string of the molecule is CC1CCOc2ccccc2C1Nc1ccccc1. The zero-order chi connectivity index (χ0) is 13.1. The molecule has 1 aliphatic heterocycles. The molecule has 1 N–H and O–H groups in total. The minimum absolute atomic E-state index is 0.307. The van der Waals surface area contributed by atoms with Crippen LogP contribution >= 0.6 is 0 Å². The van der Waals surface area contributed by atoms with E-state index in [1.807, 2.05) is 12.1 Å². The molecule has 0 aliphatic carbocycles. The maximum atomic E-state index is 5.85. The van der Waals surface area contributed by atoms with E-state index >= 15 is 0 Å². The topological polar surface area (TPSA) is 21.3 Å². The fourth-order valence-electron chi connectivity index (χ4n) is 2.63. The van der Waals surface area contributed by atoms with Crippen LogP contribution in [0.15, 0.2) is 54.6 Å². The molecule has 0 fully saturated rings. The third-order valence-corrected chi connectivity index (χ3v) is 3.75. The molecule has 1 aliphatic rings. The lowest BCUT2D eigenvalue weighted by molar-refractivity contribution is 0.296. The second kappa shape index (κ2) is 5.35. The van der Waals surface area contributed by atoms with E-state index in [0.717, 1.165) is 24.5 Å². The quantitative estimate of drug-likeness (QED) is 0.863. The second-order valence-corrected chi connectivity index (χ2v) is 5.14. The van der Waals surface area contributed by atoms with E-state index in [1.54, 1.807) is 0 Å². The molecule has 0 aromatic heterocycles. The Labute approximate surface area is 114 Å². The Balaban J connectivity index is 1.93. The molecule has 2 unspecified atom stereocenters. The lowest BCUT2D eigenvalue weighted by atomic mass is 9.92. The molecule has 0 bridgehead atoms. The molecule has 2 atom stereocenters. The lowest BCUT2D eigenvalue weighted by Crippen LogP contribution is -2.18. The van der Waals surface area contributed by atoms with Gasteiger partial charge in [-0.1, -0.05) is 43.3 Å². The van der Waals surface area contributed by atoms with Crippen molar-refractivity contribution in [2.45, 2.75) is 19.4 Å². The van der Waals surface area contributed by atoms with Crippen LogP contribution in [0.5, 0.6) is 5.75 Å². The first-order valence-electron chi connectivity index (χ1n) is 6.88. The van der Waals surface area contributed by atoms with Gasteiger partial charge in [0.15, 0.2) is 0 Å². The fraction of sp³-hybridized carbons (Fsp3) is 0.294. The van der Waals surface area contributed by atoms with Crippen molar-refractivity contribution in [2.24, 2.45) is 5.92 Å². The summed E-state index contributed by atoms with van der Waals surface area (Å²) < 4.78 is 5.85. The van der Waals surface area contributed by atoms with Gasteiger partial charge in [-0.2, -0.15) is 0 Å². The Bertz CT molecular complexity index is 538. The van der Waals surface area contributed by atoms with Crippen LogP contribution in [0.3, 0.4) is 0 Å². The van der Waals surface area contributed by atoms with Crippen molar-refractivity contribution in [3.8, 4) is 5.75 Å². The van der Waals surface area contributed by atoms with Crippen LogP contribution in [-0.2, 0) is 0 Å². The summed E-state index contributed by atoms with van der Waals surface area (Å²) in [5, 5.41) is 3.65. The standard InChI is InChI=1S/C17H19NO/c1-13-11-12-19-16-10-6-5-9-15(16)17(13)18-14-7-3-2-4-8-14/h2-10,13,17-18H,11-12H2,1H3. The normalized spacial score (nSPS) is 21.9. The van der Waals surface area contributed by atoms with Crippen molar-refractivity contribution in [3.05, 3.63) is 60.2 Å². The molecular weight excluding hydrogens is 234 g/mol. The number of benzene rings is 2. The van der Waals surface area contributed by atoms with E-state index in [0.29, 0.717) is 12.0 Å². The van der Waals surface area contributed by atoms with Crippen LogP contribution in [0.1, 0.15) is 24.9 Å². The molecule has 98 valence electrons. The number of nitrogens with one attached hydrogen (secondary N) is 1. The first-order valence-corrected chi connectivity index (χ1v) is 6.88. The van der Waals surface area contributed by atoms with E-state index in [-0.39, 0.29) is 0 Å². The molecule has 2 aromatic rings. The van der Waals surface area contributed by atoms with Gasteiger partial charge < -0.3 is 10.1 Å². The zero-order valence-electron chi connectivity index (χ0n) is 11.2. The van der Waals surface area contributed by atoms with Crippen molar-refractivity contribution in [1.82, 2.24) is 0 Å². The van der Waals surface area contributed by atoms with Gasteiger partial charge in [0, 0.05) is 11.3 Å². The summed E-state index contributed by atoms with van der Waals surface area (Å²) in [5.41, 5.74) is 2.42. The molecule has 19 heavy (non-hydrogen) atoms. The highest BCUT2D eigenvalue weighted by Crippen LogP contribution is 2.36. The number of anilines is 1. The summed E-state index contributed by atoms with van der Waals surface area (Å²) in [5.74, 6) is 1.56. The molecule has 0 saturated heterocycles. The lowest BCUT2D eigenvalue weighted by Gasteiger charge is -2.24. The Morgan fingerprint density at radius 3 is 2.58 bits per heavy atom. The van der Waals surface area contributed by atoms with Crippen molar-refractivity contribution in [3.63, 3.8) is 0 Å². The van der Waals surface area contributed by atoms with Gasteiger partial charge in [0.1, 0.15) is 5.75 Å². The number of hydrogen-bond donors (Lipinski definition) is 1. The molecule has 0 saturated carbocycles. The Morgan fingerprint density at radius 1 is 1.00 bits per heavy atom. The fourth-order valence-corrected chi connectivity index (χ4v) is 2.63. The second-order valence-electron chi connectivity index (χ2n) is 5.14. The van der Waals surface area contributed by atoms with Crippen LogP contribution in [0.2, 0.25) is 0 Å². The summed E-state index contributed by atoms with van der Waals surface area (Å²) >= 11 is 0. The van der Waals surface area contributed by atoms with Gasteiger partial charge in [-0.15, -0.1) is 0 Å². The third kappa shape index (κ3) is 2.58. The van der Waals surface area contributed by atoms with Gasteiger partial charge in [-0.25, -0.2) is 0 Å². The molecule has 2 aromatic carbocycles. The van der Waals surface area contributed by atoms with Crippen LogP contribution < -0.4 is 10.1 Å². The van der Waals surface area contributed by atoms with Gasteiger partial charge >= 0.3 is 0 Å². The Morgan fingerprint density at radius 2 is 1.74 bits per heavy atom. The molecule has 3 rings (SSSR count). The van der Waals surface area contributed by atoms with Gasteiger partial charge in [-0.05, 0) is 30.5 Å². The van der Waals surface area contributed by atoms with Gasteiger partial charge in [0.05, 0.1) is 12.6 Å². The number of rotatable bonds is 2. The first kappa shape index (κ1) is 12.1. The highest BCUT2D eigenvalue weighted by atomic mass is 16.5. The first-order chi connectivity index (χ1) is 9.34. The van der Waals surface area contributed by atoms with E-state index in [2.05, 4.69) is 54.7 Å². The minimum atomic E-state index is 0.307. The van der Waals surface area contributed by atoms with E-state index in [9.17, 15) is 0 Å². The van der Waals surface area contributed by atoms with Gasteiger partial charge in [-0.3, -0.25) is 0 Å². The third-order valence-electron chi connectivity index (χ3n) is 3.75. The molecular formula is C17H19NO. The smallest absolute Gasteiger partial charge is 0.124 e. The van der Waals surface area contributed by atoms with Gasteiger partial charge in [0.25, 0.3) is 0 Å². The minimum Gasteiger partial charge on any atom is -0.493 e. The maximum absolute atomic E-state index is 5.85. The Kier molecular flexibility index (Phi) is 3.41. The van der Waals surface area contributed by atoms with Crippen LogP contribution in [0.4, 0.5) is 5.69 Å². The number of hydrogen-bond acceptors (Lipinski definition) is 2. The molecule has 0 amide bonds. The summed E-state index contributed by atoms with van der Waals surface area (Å²) in [6, 6.07) is 19.0. The predicted molar refractivity (Wildman–Crippen MR) is 78.5 cm³/mol. The number of para-hydroxylation sites is 2. The summed E-state index contributed by atoms with van der Waals surface area (Å²) in [4.78, 5) is 0. The Hall–Kier alpha value is -1.96. The van der Waals surface area contributed by atoms with Crippen LogP contribution in [0.25, 0.3) is 0 Å². The highest BCUT2D eigenvalue weighted by molar-refractivity contribution is 5.48. The highest BCUT2D eigenvalue weighted by Gasteiger charge is 2.25. The molecule has 0 radical (unpaired) electrons. The zero-order valence-corrected chi connectivity index (χ0v) is 11.2. The predicted octanol–water partition coefficient (Wildman–Crippen LogP) is 4.26. The number of ether oxygens (including phenoxy) is 1. The van der Waals surface area contributed by atoms with Crippen molar-refractivity contribution in [1.29, 1.82) is 0 Å². The maximum Gasteiger partial charge on any atom is 0.124 e. The van der Waals surface area contributed by atoms with Crippen LogP contribution in [0, 0.1) is 5.92 Å². The van der Waals surface area contributed by atoms with E-state index < -0.39 is 0 Å². The molecule has 2 heteroatoms. The summed E-state index contributed by atoms with van der Waals surface area (Å²) in [7, 11) is 0. The molecule has 2 nitrogen and oxygen atoms in total. The summed E-state index contributed by atoms with van der Waals surface area (Å²) in [6.45, 7) is 3.08. The van der Waals surface area contributed by atoms with Crippen molar-refractivity contribution >= 4 is 5.69 Å².